The van der Waals surface area contributed by atoms with Crippen LogP contribution in [0, 0.1) is 6.92 Å². The Morgan fingerprint density at radius 3 is 2.56 bits per heavy atom. The maximum absolute atomic E-state index is 13.2. The molecular weight excluding hydrogens is 474 g/mol. The Hall–Kier alpha value is -4.29. The highest BCUT2D eigenvalue weighted by molar-refractivity contribution is 6.34. The van der Waals surface area contributed by atoms with Crippen LogP contribution < -0.4 is 10.6 Å². The van der Waals surface area contributed by atoms with Gasteiger partial charge in [-0.15, -0.1) is 0 Å². The number of benzene rings is 3. The summed E-state index contributed by atoms with van der Waals surface area (Å²) >= 11 is 6.18. The third kappa shape index (κ3) is 5.04. The second kappa shape index (κ2) is 10.1. The SMILES string of the molecule is Cc1cccc(Cn2c(C(=O)NCc3ccco3)cc3cc(NC(=O)c4ccccc4Cl)ccc32)c1. The molecule has 2 heterocycles. The van der Waals surface area contributed by atoms with E-state index in [2.05, 4.69) is 16.7 Å². The van der Waals surface area contributed by atoms with Crippen molar-refractivity contribution in [2.24, 2.45) is 0 Å². The first kappa shape index (κ1) is 23.5. The van der Waals surface area contributed by atoms with Crippen LogP contribution >= 0.6 is 11.6 Å². The molecule has 0 saturated carbocycles. The van der Waals surface area contributed by atoms with E-state index in [0.717, 1.165) is 22.0 Å². The molecule has 36 heavy (non-hydrogen) atoms. The van der Waals surface area contributed by atoms with Crippen LogP contribution in [0.15, 0.2) is 95.6 Å². The molecule has 2 N–H and O–H groups in total. The zero-order chi connectivity index (χ0) is 25.1. The maximum Gasteiger partial charge on any atom is 0.268 e. The third-order valence-corrected chi connectivity index (χ3v) is 6.27. The Bertz CT molecular complexity index is 1550. The number of hydrogen-bond acceptors (Lipinski definition) is 3. The molecule has 0 fully saturated rings. The molecule has 6 nitrogen and oxygen atoms in total. The molecule has 0 unspecified atom stereocenters. The largest absolute Gasteiger partial charge is 0.467 e. The third-order valence-electron chi connectivity index (χ3n) is 5.94. The van der Waals surface area contributed by atoms with Crippen molar-refractivity contribution in [2.45, 2.75) is 20.0 Å². The van der Waals surface area contributed by atoms with Gasteiger partial charge in [0, 0.05) is 23.1 Å². The summed E-state index contributed by atoms with van der Waals surface area (Å²) in [6.07, 6.45) is 1.58. The number of rotatable bonds is 7. The summed E-state index contributed by atoms with van der Waals surface area (Å²) in [6.45, 7) is 2.86. The van der Waals surface area contributed by atoms with Crippen molar-refractivity contribution in [3.8, 4) is 0 Å². The van der Waals surface area contributed by atoms with Crippen molar-refractivity contribution in [1.29, 1.82) is 0 Å². The molecule has 2 amide bonds. The number of aryl methyl sites for hydroxylation is 1. The average Bonchev–Trinajstić information content (AvgIpc) is 3.51. The molecule has 7 heteroatoms. The minimum absolute atomic E-state index is 0.211. The Balaban J connectivity index is 1.48. The number of amides is 2. The summed E-state index contributed by atoms with van der Waals surface area (Å²) in [6, 6.07) is 26.1. The van der Waals surface area contributed by atoms with E-state index in [4.69, 9.17) is 16.0 Å². The molecule has 0 aliphatic rings. The molecule has 0 bridgehead atoms. The Labute approximate surface area is 213 Å². The first-order chi connectivity index (χ1) is 17.5. The molecule has 5 rings (SSSR count). The smallest absolute Gasteiger partial charge is 0.268 e. The number of halogens is 1. The van der Waals surface area contributed by atoms with Crippen molar-refractivity contribution in [2.75, 3.05) is 5.32 Å². The van der Waals surface area contributed by atoms with E-state index in [1.54, 1.807) is 36.6 Å². The van der Waals surface area contributed by atoms with E-state index in [-0.39, 0.29) is 18.4 Å². The zero-order valence-electron chi connectivity index (χ0n) is 19.6. The van der Waals surface area contributed by atoms with E-state index in [1.807, 2.05) is 60.0 Å². The number of carbonyl (C=O) groups excluding carboxylic acids is 2. The normalized spacial score (nSPS) is 10.9. The van der Waals surface area contributed by atoms with Crippen LogP contribution in [0.25, 0.3) is 10.9 Å². The number of hydrogen-bond donors (Lipinski definition) is 2. The lowest BCUT2D eigenvalue weighted by atomic mass is 10.1. The summed E-state index contributed by atoms with van der Waals surface area (Å²) in [5, 5.41) is 7.06. The standard InChI is InChI=1S/C29H24ClN3O3/c1-19-6-4-7-20(14-19)18-33-26-12-11-22(32-28(34)24-9-2-3-10-25(24)30)15-21(26)16-27(33)29(35)31-17-23-8-5-13-36-23/h2-16H,17-18H2,1H3,(H,31,35)(H,32,34). The molecule has 0 aliphatic carbocycles. The maximum atomic E-state index is 13.2. The molecule has 180 valence electrons. The molecular formula is C29H24ClN3O3. The number of anilines is 1. The van der Waals surface area contributed by atoms with Crippen LogP contribution in [-0.2, 0) is 13.1 Å². The van der Waals surface area contributed by atoms with Crippen LogP contribution in [0.2, 0.25) is 5.02 Å². The van der Waals surface area contributed by atoms with Gasteiger partial charge in [-0.3, -0.25) is 9.59 Å². The molecule has 0 atom stereocenters. The van der Waals surface area contributed by atoms with E-state index in [9.17, 15) is 9.59 Å². The van der Waals surface area contributed by atoms with Crippen LogP contribution in [0.5, 0.6) is 0 Å². The van der Waals surface area contributed by atoms with E-state index in [0.29, 0.717) is 34.3 Å². The van der Waals surface area contributed by atoms with E-state index in [1.165, 1.54) is 0 Å². The topological polar surface area (TPSA) is 76.3 Å². The van der Waals surface area contributed by atoms with Gasteiger partial charge < -0.3 is 19.6 Å². The lowest BCUT2D eigenvalue weighted by Crippen LogP contribution is -2.25. The number of furan rings is 1. The minimum atomic E-state index is -0.296. The van der Waals surface area contributed by atoms with Gasteiger partial charge in [0.15, 0.2) is 0 Å². The van der Waals surface area contributed by atoms with Gasteiger partial charge in [0.05, 0.1) is 23.4 Å². The molecule has 0 radical (unpaired) electrons. The fraction of sp³-hybridized carbons (Fsp3) is 0.103. The summed E-state index contributed by atoms with van der Waals surface area (Å²) < 4.78 is 7.33. The fourth-order valence-corrected chi connectivity index (χ4v) is 4.44. The summed E-state index contributed by atoms with van der Waals surface area (Å²) in [4.78, 5) is 26.0. The highest BCUT2D eigenvalue weighted by Crippen LogP contribution is 2.26. The van der Waals surface area contributed by atoms with Crippen LogP contribution in [0.1, 0.15) is 37.7 Å². The number of aromatic nitrogens is 1. The first-order valence-electron chi connectivity index (χ1n) is 11.5. The second-order valence-electron chi connectivity index (χ2n) is 8.57. The van der Waals surface area contributed by atoms with Crippen molar-refractivity contribution in [3.05, 3.63) is 124 Å². The zero-order valence-corrected chi connectivity index (χ0v) is 20.4. The van der Waals surface area contributed by atoms with E-state index < -0.39 is 0 Å². The number of nitrogens with zero attached hydrogens (tertiary/aromatic N) is 1. The van der Waals surface area contributed by atoms with Gasteiger partial charge >= 0.3 is 0 Å². The van der Waals surface area contributed by atoms with Gasteiger partial charge in [0.2, 0.25) is 0 Å². The van der Waals surface area contributed by atoms with Gasteiger partial charge in [-0.1, -0.05) is 53.6 Å². The van der Waals surface area contributed by atoms with Gasteiger partial charge in [-0.25, -0.2) is 0 Å². The predicted molar refractivity (Wildman–Crippen MR) is 142 cm³/mol. The van der Waals surface area contributed by atoms with Crippen molar-refractivity contribution in [3.63, 3.8) is 0 Å². The average molecular weight is 498 g/mol. The predicted octanol–water partition coefficient (Wildman–Crippen LogP) is 6.43. The lowest BCUT2D eigenvalue weighted by Gasteiger charge is -2.12. The molecule has 3 aromatic carbocycles. The Morgan fingerprint density at radius 2 is 1.78 bits per heavy atom. The highest BCUT2D eigenvalue weighted by Gasteiger charge is 2.18. The quantitative estimate of drug-likeness (QED) is 0.272. The number of carbonyl (C=O) groups is 2. The van der Waals surface area contributed by atoms with Gasteiger partial charge in [0.1, 0.15) is 11.5 Å². The summed E-state index contributed by atoms with van der Waals surface area (Å²) in [5.74, 6) is 0.168. The van der Waals surface area contributed by atoms with Gasteiger partial charge in [-0.05, 0) is 61.0 Å². The van der Waals surface area contributed by atoms with Crippen LogP contribution in [-0.4, -0.2) is 16.4 Å². The molecule has 5 aromatic rings. The molecule has 0 spiro atoms. The summed E-state index contributed by atoms with van der Waals surface area (Å²) in [7, 11) is 0. The van der Waals surface area contributed by atoms with Gasteiger partial charge in [0.25, 0.3) is 11.8 Å². The highest BCUT2D eigenvalue weighted by atomic mass is 35.5. The number of nitrogens with one attached hydrogen (secondary N) is 2. The lowest BCUT2D eigenvalue weighted by molar-refractivity contribution is 0.0939. The second-order valence-corrected chi connectivity index (χ2v) is 8.98. The van der Waals surface area contributed by atoms with Crippen LogP contribution in [0.3, 0.4) is 0 Å². The molecule has 0 saturated heterocycles. The van der Waals surface area contributed by atoms with Crippen molar-refractivity contribution in [1.82, 2.24) is 9.88 Å². The first-order valence-corrected chi connectivity index (χ1v) is 11.9. The summed E-state index contributed by atoms with van der Waals surface area (Å²) in [5.41, 5.74) is 4.65. The Kier molecular flexibility index (Phi) is 6.60. The minimum Gasteiger partial charge on any atom is -0.467 e. The van der Waals surface area contributed by atoms with Crippen molar-refractivity contribution < 1.29 is 14.0 Å². The fourth-order valence-electron chi connectivity index (χ4n) is 4.22. The monoisotopic (exact) mass is 497 g/mol. The number of fused-ring (bicyclic) bond motifs is 1. The van der Waals surface area contributed by atoms with Gasteiger partial charge in [-0.2, -0.15) is 0 Å². The molecule has 0 aliphatic heterocycles. The Morgan fingerprint density at radius 1 is 0.917 bits per heavy atom. The van der Waals surface area contributed by atoms with Crippen molar-refractivity contribution >= 4 is 40.0 Å². The van der Waals surface area contributed by atoms with Crippen LogP contribution in [0.4, 0.5) is 5.69 Å². The van der Waals surface area contributed by atoms with E-state index >= 15 is 0 Å². The molecule has 2 aromatic heterocycles.